The molecule has 1 aromatic heterocycles. The Morgan fingerprint density at radius 2 is 1.81 bits per heavy atom. The van der Waals surface area contributed by atoms with Crippen LogP contribution in [0.15, 0.2) is 77.0 Å². The van der Waals surface area contributed by atoms with Gasteiger partial charge in [-0.2, -0.15) is 4.31 Å². The van der Waals surface area contributed by atoms with Gasteiger partial charge in [-0.1, -0.05) is 66.5 Å². The zero-order chi connectivity index (χ0) is 25.4. The number of halogens is 2. The molecule has 0 bridgehead atoms. The molecule has 9 heteroatoms. The van der Waals surface area contributed by atoms with Crippen molar-refractivity contribution in [3.63, 3.8) is 0 Å². The van der Waals surface area contributed by atoms with Crippen molar-refractivity contribution in [3.8, 4) is 0 Å². The average Bonchev–Trinajstić information content (AvgIpc) is 3.35. The Morgan fingerprint density at radius 3 is 2.56 bits per heavy atom. The van der Waals surface area contributed by atoms with E-state index in [1.54, 1.807) is 53.5 Å². The predicted molar refractivity (Wildman–Crippen MR) is 146 cm³/mol. The summed E-state index contributed by atoms with van der Waals surface area (Å²) in [4.78, 5) is 16.8. The van der Waals surface area contributed by atoms with E-state index in [0.717, 1.165) is 21.9 Å². The molecule has 36 heavy (non-hydrogen) atoms. The van der Waals surface area contributed by atoms with E-state index in [-0.39, 0.29) is 23.9 Å². The van der Waals surface area contributed by atoms with E-state index in [1.165, 1.54) is 9.18 Å². The number of hydrogen-bond donors (Lipinski definition) is 0. The Balaban J connectivity index is 1.47. The Labute approximate surface area is 224 Å². The Hall–Kier alpha value is -2.42. The molecule has 0 saturated heterocycles. The third-order valence-electron chi connectivity index (χ3n) is 6.57. The summed E-state index contributed by atoms with van der Waals surface area (Å²) >= 11 is 14.4. The third-order valence-corrected chi connectivity index (χ3v) is 10.0. The summed E-state index contributed by atoms with van der Waals surface area (Å²) in [6, 6.07) is 19.5. The lowest BCUT2D eigenvalue weighted by Crippen LogP contribution is -2.46. The number of likely N-dealkylation sites (N-methyl/N-ethyl adjacent to an activating group) is 1. The predicted octanol–water partition coefficient (Wildman–Crippen LogP) is 6.39. The van der Waals surface area contributed by atoms with Gasteiger partial charge in [-0.15, -0.1) is 11.3 Å². The van der Waals surface area contributed by atoms with E-state index in [2.05, 4.69) is 0 Å². The highest BCUT2D eigenvalue weighted by Gasteiger charge is 2.36. The molecular formula is C27H24Cl2N2O3S2. The van der Waals surface area contributed by atoms with Crippen molar-refractivity contribution in [1.82, 2.24) is 9.21 Å². The Kier molecular flexibility index (Phi) is 7.12. The molecular weight excluding hydrogens is 535 g/mol. The van der Waals surface area contributed by atoms with Crippen molar-refractivity contribution in [1.29, 1.82) is 0 Å². The molecule has 1 amide bonds. The topological polar surface area (TPSA) is 57.7 Å². The number of sulfonamides is 1. The van der Waals surface area contributed by atoms with Gasteiger partial charge in [0.05, 0.1) is 17.5 Å². The maximum Gasteiger partial charge on any atom is 0.243 e. The van der Waals surface area contributed by atoms with Gasteiger partial charge in [-0.3, -0.25) is 4.79 Å². The fourth-order valence-electron chi connectivity index (χ4n) is 4.73. The van der Waals surface area contributed by atoms with Crippen molar-refractivity contribution in [2.45, 2.75) is 24.3 Å². The molecule has 3 aromatic carbocycles. The van der Waals surface area contributed by atoms with Gasteiger partial charge >= 0.3 is 0 Å². The molecule has 0 fully saturated rings. The highest BCUT2D eigenvalue weighted by atomic mass is 35.5. The number of carbonyl (C=O) groups is 1. The quantitative estimate of drug-likeness (QED) is 0.275. The van der Waals surface area contributed by atoms with Crippen LogP contribution >= 0.6 is 34.5 Å². The van der Waals surface area contributed by atoms with Crippen LogP contribution in [0.5, 0.6) is 0 Å². The molecule has 5 nitrogen and oxygen atoms in total. The lowest BCUT2D eigenvalue weighted by atomic mass is 9.93. The molecule has 5 rings (SSSR count). The monoisotopic (exact) mass is 558 g/mol. The van der Waals surface area contributed by atoms with Gasteiger partial charge in [0.15, 0.2) is 0 Å². The van der Waals surface area contributed by atoms with Crippen LogP contribution in [0.4, 0.5) is 0 Å². The summed E-state index contributed by atoms with van der Waals surface area (Å²) in [6.45, 7) is 2.13. The van der Waals surface area contributed by atoms with Gasteiger partial charge < -0.3 is 4.90 Å². The van der Waals surface area contributed by atoms with Gasteiger partial charge in [-0.05, 0) is 64.0 Å². The number of benzene rings is 3. The van der Waals surface area contributed by atoms with Crippen molar-refractivity contribution >= 4 is 61.2 Å². The normalized spacial score (nSPS) is 15.9. The summed E-state index contributed by atoms with van der Waals surface area (Å²) in [5.41, 5.74) is 1.79. The van der Waals surface area contributed by atoms with Crippen LogP contribution in [0.1, 0.15) is 29.0 Å². The first-order valence-electron chi connectivity index (χ1n) is 11.6. The third kappa shape index (κ3) is 4.66. The molecule has 186 valence electrons. The minimum absolute atomic E-state index is 0.171. The van der Waals surface area contributed by atoms with Gasteiger partial charge in [0.25, 0.3) is 0 Å². The molecule has 0 spiro atoms. The molecule has 4 aromatic rings. The second-order valence-electron chi connectivity index (χ2n) is 8.64. The highest BCUT2D eigenvalue weighted by molar-refractivity contribution is 7.89. The number of thiophene rings is 1. The summed E-state index contributed by atoms with van der Waals surface area (Å²) in [5, 5.41) is 4.79. The number of fused-ring (bicyclic) bond motifs is 2. The van der Waals surface area contributed by atoms with Gasteiger partial charge in [0, 0.05) is 28.0 Å². The summed E-state index contributed by atoms with van der Waals surface area (Å²) in [5.74, 6) is -0.269. The number of carbonyl (C=O) groups excluding carboxylic acids is 1. The number of nitrogens with zero attached hydrogens (tertiary/aromatic N) is 2. The van der Waals surface area contributed by atoms with Gasteiger partial charge in [0.1, 0.15) is 0 Å². The lowest BCUT2D eigenvalue weighted by molar-refractivity contribution is -0.133. The average molecular weight is 560 g/mol. The smallest absolute Gasteiger partial charge is 0.243 e. The summed E-state index contributed by atoms with van der Waals surface area (Å²) in [7, 11) is -3.88. The minimum Gasteiger partial charge on any atom is -0.330 e. The Bertz CT molecular complexity index is 1550. The zero-order valence-corrected chi connectivity index (χ0v) is 22.7. The van der Waals surface area contributed by atoms with Gasteiger partial charge in [0.2, 0.25) is 15.9 Å². The lowest BCUT2D eigenvalue weighted by Gasteiger charge is -2.37. The maximum atomic E-state index is 13.7. The van der Waals surface area contributed by atoms with E-state index in [1.807, 2.05) is 41.8 Å². The standard InChI is InChI=1S/C27H24Cl2N2O3S2/c1-2-30(36(33,34)21-9-7-18-5-3-4-6-19(18)15-21)17-26(32)31-13-11-25-23(12-14-35-25)27(31)22-10-8-20(28)16-24(22)29/h3-10,12,14-16,27H,2,11,13,17H2,1H3. The van der Waals surface area contributed by atoms with Crippen LogP contribution in [0, 0.1) is 0 Å². The fraction of sp³-hybridized carbons (Fsp3) is 0.222. The van der Waals surface area contributed by atoms with Crippen LogP contribution in [0.3, 0.4) is 0 Å². The second kappa shape index (κ2) is 10.1. The molecule has 1 unspecified atom stereocenters. The molecule has 1 atom stereocenters. The van der Waals surface area contributed by atoms with Crippen molar-refractivity contribution in [2.24, 2.45) is 0 Å². The molecule has 0 saturated carbocycles. The van der Waals surface area contributed by atoms with E-state index in [4.69, 9.17) is 23.2 Å². The first-order valence-corrected chi connectivity index (χ1v) is 14.7. The molecule has 2 heterocycles. The molecule has 1 aliphatic heterocycles. The van der Waals surface area contributed by atoms with E-state index in [0.29, 0.717) is 23.0 Å². The number of amides is 1. The van der Waals surface area contributed by atoms with E-state index >= 15 is 0 Å². The molecule has 0 N–H and O–H groups in total. The Morgan fingerprint density at radius 1 is 1.03 bits per heavy atom. The van der Waals surface area contributed by atoms with Crippen LogP contribution < -0.4 is 0 Å². The van der Waals surface area contributed by atoms with Crippen LogP contribution in [0.25, 0.3) is 10.8 Å². The summed E-state index contributed by atoms with van der Waals surface area (Å²) in [6.07, 6.45) is 0.712. The SMILES string of the molecule is CCN(CC(=O)N1CCc2sccc2C1c1ccc(Cl)cc1Cl)S(=O)(=O)c1ccc2ccccc2c1. The molecule has 0 radical (unpaired) electrons. The van der Waals surface area contributed by atoms with Crippen LogP contribution in [-0.2, 0) is 21.2 Å². The maximum absolute atomic E-state index is 13.7. The zero-order valence-electron chi connectivity index (χ0n) is 19.5. The molecule has 1 aliphatic rings. The molecule has 0 aliphatic carbocycles. The van der Waals surface area contributed by atoms with Crippen LogP contribution in [0.2, 0.25) is 10.0 Å². The van der Waals surface area contributed by atoms with Crippen molar-refractivity contribution in [2.75, 3.05) is 19.6 Å². The second-order valence-corrected chi connectivity index (χ2v) is 12.4. The highest BCUT2D eigenvalue weighted by Crippen LogP contribution is 2.41. The fourth-order valence-corrected chi connectivity index (χ4v) is 7.58. The largest absolute Gasteiger partial charge is 0.330 e. The number of hydrogen-bond acceptors (Lipinski definition) is 4. The first kappa shape index (κ1) is 25.2. The van der Waals surface area contributed by atoms with E-state index in [9.17, 15) is 13.2 Å². The first-order chi connectivity index (χ1) is 17.3. The van der Waals surface area contributed by atoms with Crippen LogP contribution in [-0.4, -0.2) is 43.2 Å². The summed E-state index contributed by atoms with van der Waals surface area (Å²) < 4.78 is 28.3. The number of rotatable bonds is 6. The van der Waals surface area contributed by atoms with E-state index < -0.39 is 16.1 Å². The van der Waals surface area contributed by atoms with Gasteiger partial charge in [-0.25, -0.2) is 8.42 Å². The van der Waals surface area contributed by atoms with Crippen molar-refractivity contribution in [3.05, 3.63) is 98.2 Å². The van der Waals surface area contributed by atoms with Crippen molar-refractivity contribution < 1.29 is 13.2 Å². The minimum atomic E-state index is -3.88.